The number of aryl methyl sites for hydroxylation is 1. The number of halogens is 5. The third-order valence-corrected chi connectivity index (χ3v) is 5.58. The zero-order chi connectivity index (χ0) is 22.3. The molecule has 4 rings (SSSR count). The van der Waals surface area contributed by atoms with Crippen molar-refractivity contribution < 1.29 is 27.1 Å². The van der Waals surface area contributed by atoms with Gasteiger partial charge in [0.15, 0.2) is 6.61 Å². The number of hydrogen-bond donors (Lipinski definition) is 1. The van der Waals surface area contributed by atoms with E-state index >= 15 is 0 Å². The molecule has 0 aliphatic heterocycles. The lowest BCUT2D eigenvalue weighted by Crippen LogP contribution is -2.21. The molecule has 0 atom stereocenters. The maximum atomic E-state index is 12.9. The number of fused-ring (bicyclic) bond motifs is 3. The van der Waals surface area contributed by atoms with Gasteiger partial charge in [0.2, 0.25) is 0 Å². The van der Waals surface area contributed by atoms with E-state index in [-0.39, 0.29) is 27.1 Å². The van der Waals surface area contributed by atoms with Gasteiger partial charge in [0, 0.05) is 17.0 Å². The molecule has 162 valence electrons. The van der Waals surface area contributed by atoms with Crippen LogP contribution in [0.2, 0.25) is 10.0 Å². The standard InChI is InChI=1S/C21H14Cl2F3NO4/c22-14-5-4-10(21(24,25)26)6-16(14)27-19(28)9-30-18-8-17-13(7-15(18)23)11-2-1-3-12(11)20(29)31-17/h4-8H,1-3,9H2,(H,27,28). The van der Waals surface area contributed by atoms with Crippen molar-refractivity contribution in [2.24, 2.45) is 0 Å². The van der Waals surface area contributed by atoms with Crippen molar-refractivity contribution in [2.45, 2.75) is 25.4 Å². The van der Waals surface area contributed by atoms with Gasteiger partial charge in [-0.1, -0.05) is 23.2 Å². The Hall–Kier alpha value is -2.71. The van der Waals surface area contributed by atoms with Gasteiger partial charge in [-0.25, -0.2) is 4.79 Å². The number of alkyl halides is 3. The summed E-state index contributed by atoms with van der Waals surface area (Å²) in [5.74, 6) is -0.645. The van der Waals surface area contributed by atoms with E-state index in [0.29, 0.717) is 17.4 Å². The van der Waals surface area contributed by atoms with Gasteiger partial charge in [-0.2, -0.15) is 13.2 Å². The monoisotopic (exact) mass is 471 g/mol. The summed E-state index contributed by atoms with van der Waals surface area (Å²) >= 11 is 12.1. The van der Waals surface area contributed by atoms with Crippen LogP contribution in [0.3, 0.4) is 0 Å². The van der Waals surface area contributed by atoms with Crippen LogP contribution in [0.1, 0.15) is 23.1 Å². The highest BCUT2D eigenvalue weighted by molar-refractivity contribution is 6.34. The third-order valence-electron chi connectivity index (χ3n) is 4.95. The first-order valence-corrected chi connectivity index (χ1v) is 9.96. The number of hydrogen-bond acceptors (Lipinski definition) is 4. The van der Waals surface area contributed by atoms with Crippen LogP contribution in [0.15, 0.2) is 39.5 Å². The SMILES string of the molecule is O=C(COc1cc2oc(=O)c3c(c2cc1Cl)CCC3)Nc1cc(C(F)(F)F)ccc1Cl. The summed E-state index contributed by atoms with van der Waals surface area (Å²) in [5, 5.41) is 3.15. The van der Waals surface area contributed by atoms with Crippen molar-refractivity contribution in [3.8, 4) is 5.75 Å². The fraction of sp³-hybridized carbons (Fsp3) is 0.238. The Balaban J connectivity index is 1.52. The maximum absolute atomic E-state index is 12.9. The minimum absolute atomic E-state index is 0.0549. The largest absolute Gasteiger partial charge is 0.482 e. The van der Waals surface area contributed by atoms with Crippen molar-refractivity contribution >= 4 is 45.8 Å². The average molecular weight is 472 g/mol. The lowest BCUT2D eigenvalue weighted by molar-refractivity contribution is -0.137. The third kappa shape index (κ3) is 4.36. The van der Waals surface area contributed by atoms with Gasteiger partial charge < -0.3 is 14.5 Å². The zero-order valence-electron chi connectivity index (χ0n) is 15.7. The van der Waals surface area contributed by atoms with Gasteiger partial charge in [-0.15, -0.1) is 0 Å². The van der Waals surface area contributed by atoms with Crippen molar-refractivity contribution in [1.82, 2.24) is 0 Å². The Bertz CT molecular complexity index is 1250. The summed E-state index contributed by atoms with van der Waals surface area (Å²) in [5.41, 5.74) is 0.271. The molecule has 1 heterocycles. The minimum atomic E-state index is -4.58. The fourth-order valence-electron chi connectivity index (χ4n) is 3.52. The minimum Gasteiger partial charge on any atom is -0.482 e. The van der Waals surface area contributed by atoms with E-state index in [0.717, 1.165) is 36.6 Å². The van der Waals surface area contributed by atoms with Crippen molar-refractivity contribution in [3.05, 3.63) is 67.5 Å². The summed E-state index contributed by atoms with van der Waals surface area (Å²) < 4.78 is 49.3. The molecular weight excluding hydrogens is 458 g/mol. The first kappa shape index (κ1) is 21.5. The zero-order valence-corrected chi connectivity index (χ0v) is 17.2. The molecule has 0 bridgehead atoms. The van der Waals surface area contributed by atoms with E-state index in [1.54, 1.807) is 6.07 Å². The first-order valence-electron chi connectivity index (χ1n) is 9.21. The number of benzene rings is 2. The number of ether oxygens (including phenoxy) is 1. The lowest BCUT2D eigenvalue weighted by atomic mass is 10.1. The molecule has 0 unspecified atom stereocenters. The van der Waals surface area contributed by atoms with Gasteiger partial charge in [-0.3, -0.25) is 4.79 Å². The highest BCUT2D eigenvalue weighted by Gasteiger charge is 2.31. The van der Waals surface area contributed by atoms with Crippen molar-refractivity contribution in [2.75, 3.05) is 11.9 Å². The molecule has 5 nitrogen and oxygen atoms in total. The van der Waals surface area contributed by atoms with Crippen LogP contribution in [-0.2, 0) is 23.8 Å². The molecule has 1 amide bonds. The predicted molar refractivity (Wildman–Crippen MR) is 110 cm³/mol. The molecule has 1 N–H and O–H groups in total. The van der Waals surface area contributed by atoms with Crippen LogP contribution in [0.5, 0.6) is 5.75 Å². The second-order valence-electron chi connectivity index (χ2n) is 7.01. The topological polar surface area (TPSA) is 68.5 Å². The molecule has 1 aliphatic rings. The van der Waals surface area contributed by atoms with Crippen LogP contribution < -0.4 is 15.7 Å². The Morgan fingerprint density at radius 1 is 1.10 bits per heavy atom. The Morgan fingerprint density at radius 2 is 1.84 bits per heavy atom. The summed E-state index contributed by atoms with van der Waals surface area (Å²) in [7, 11) is 0. The Kier molecular flexibility index (Phi) is 5.61. The number of rotatable bonds is 4. The van der Waals surface area contributed by atoms with Crippen LogP contribution >= 0.6 is 23.2 Å². The molecule has 1 aliphatic carbocycles. The second kappa shape index (κ2) is 8.09. The molecule has 31 heavy (non-hydrogen) atoms. The molecule has 0 spiro atoms. The lowest BCUT2D eigenvalue weighted by Gasteiger charge is -2.13. The number of carbonyl (C=O) groups is 1. The van der Waals surface area contributed by atoms with Crippen LogP contribution in [0.25, 0.3) is 11.0 Å². The number of nitrogens with one attached hydrogen (secondary N) is 1. The van der Waals surface area contributed by atoms with Gasteiger partial charge in [0.1, 0.15) is 11.3 Å². The highest BCUT2D eigenvalue weighted by atomic mass is 35.5. The highest BCUT2D eigenvalue weighted by Crippen LogP contribution is 2.35. The van der Waals surface area contributed by atoms with Crippen molar-refractivity contribution in [3.63, 3.8) is 0 Å². The van der Waals surface area contributed by atoms with E-state index < -0.39 is 29.9 Å². The quantitative estimate of drug-likeness (QED) is 0.501. The molecule has 0 saturated carbocycles. The van der Waals surface area contributed by atoms with Gasteiger partial charge in [0.05, 0.1) is 21.3 Å². The van der Waals surface area contributed by atoms with E-state index in [1.807, 2.05) is 0 Å². The number of anilines is 1. The van der Waals surface area contributed by atoms with Crippen LogP contribution in [0, 0.1) is 0 Å². The molecule has 0 fully saturated rings. The van der Waals surface area contributed by atoms with E-state index in [4.69, 9.17) is 32.4 Å². The molecule has 2 aromatic carbocycles. The van der Waals surface area contributed by atoms with E-state index in [2.05, 4.69) is 5.32 Å². The first-order chi connectivity index (χ1) is 14.6. The predicted octanol–water partition coefficient (Wildman–Crippen LogP) is 5.62. The molecule has 10 heteroatoms. The maximum Gasteiger partial charge on any atom is 0.416 e. The molecule has 1 aromatic heterocycles. The molecule has 0 radical (unpaired) electrons. The van der Waals surface area contributed by atoms with E-state index in [1.165, 1.54) is 6.07 Å². The summed E-state index contributed by atoms with van der Waals surface area (Å²) in [4.78, 5) is 24.3. The Morgan fingerprint density at radius 3 is 2.58 bits per heavy atom. The van der Waals surface area contributed by atoms with Crippen LogP contribution in [0.4, 0.5) is 18.9 Å². The summed E-state index contributed by atoms with van der Waals surface area (Å²) in [6.07, 6.45) is -2.33. The van der Waals surface area contributed by atoms with Gasteiger partial charge in [-0.05, 0) is 49.1 Å². The van der Waals surface area contributed by atoms with Gasteiger partial charge >= 0.3 is 11.8 Å². The number of amides is 1. The second-order valence-corrected chi connectivity index (χ2v) is 7.82. The molecule has 3 aromatic rings. The summed E-state index contributed by atoms with van der Waals surface area (Å²) in [6.45, 7) is -0.549. The van der Waals surface area contributed by atoms with Crippen molar-refractivity contribution in [1.29, 1.82) is 0 Å². The van der Waals surface area contributed by atoms with Crippen LogP contribution in [-0.4, -0.2) is 12.5 Å². The summed E-state index contributed by atoms with van der Waals surface area (Å²) in [6, 6.07) is 5.62. The van der Waals surface area contributed by atoms with Gasteiger partial charge in [0.25, 0.3) is 5.91 Å². The van der Waals surface area contributed by atoms with E-state index in [9.17, 15) is 22.8 Å². The normalized spacial score (nSPS) is 13.3. The average Bonchev–Trinajstić information content (AvgIpc) is 3.19. The molecule has 0 saturated heterocycles. The smallest absolute Gasteiger partial charge is 0.416 e. The Labute approximate surface area is 183 Å². The fourth-order valence-corrected chi connectivity index (χ4v) is 3.90. The number of carbonyl (C=O) groups excluding carboxylic acids is 1. The molecular formula is C21H14Cl2F3NO4.